The monoisotopic (exact) mass is 582 g/mol. The smallest absolute Gasteiger partial charge is 0.243 e. The zero-order chi connectivity index (χ0) is 26.8. The largest absolute Gasteiger partial charge is 0.497 e. The summed E-state index contributed by atoms with van der Waals surface area (Å²) in [6, 6.07) is 24.9. The molecule has 0 heterocycles. The highest BCUT2D eigenvalue weighted by Crippen LogP contribution is 2.21. The molecule has 0 saturated carbocycles. The third-order valence-electron chi connectivity index (χ3n) is 5.66. The van der Waals surface area contributed by atoms with Crippen molar-refractivity contribution >= 4 is 39.5 Å². The predicted molar refractivity (Wildman–Crippen MR) is 156 cm³/mol. The summed E-state index contributed by atoms with van der Waals surface area (Å²) in [5.74, 6) is 1.55. The van der Waals surface area contributed by atoms with Crippen molar-refractivity contribution in [1.29, 1.82) is 0 Å². The van der Waals surface area contributed by atoms with Crippen molar-refractivity contribution in [2.24, 2.45) is 0 Å². The van der Waals surface area contributed by atoms with Gasteiger partial charge in [0, 0.05) is 28.7 Å². The number of amides is 2. The van der Waals surface area contributed by atoms with Gasteiger partial charge < -0.3 is 15.0 Å². The molecule has 3 rings (SSSR count). The lowest BCUT2D eigenvalue weighted by Gasteiger charge is -2.34. The summed E-state index contributed by atoms with van der Waals surface area (Å²) in [7, 11) is 1.64. The molecule has 5 nitrogen and oxygen atoms in total. The topological polar surface area (TPSA) is 58.6 Å². The van der Waals surface area contributed by atoms with E-state index in [2.05, 4.69) is 21.2 Å². The molecule has 196 valence electrons. The van der Waals surface area contributed by atoms with Gasteiger partial charge in [-0.05, 0) is 61.7 Å². The third-order valence-corrected chi connectivity index (χ3v) is 7.15. The number of thioether (sulfide) groups is 1. The van der Waals surface area contributed by atoms with E-state index in [-0.39, 0.29) is 17.6 Å². The van der Waals surface area contributed by atoms with Gasteiger partial charge in [-0.25, -0.2) is 0 Å². The highest BCUT2D eigenvalue weighted by Gasteiger charge is 2.32. The Kier molecular flexibility index (Phi) is 10.6. The van der Waals surface area contributed by atoms with Crippen LogP contribution >= 0.6 is 27.7 Å². The average molecular weight is 584 g/mol. The molecule has 7 heteroatoms. The molecule has 0 bridgehead atoms. The minimum Gasteiger partial charge on any atom is -0.497 e. The Hall–Kier alpha value is -2.77. The number of carbonyl (C=O) groups excluding carboxylic acids is 2. The summed E-state index contributed by atoms with van der Waals surface area (Å²) in [5.41, 5.74) is 2.67. The Labute approximate surface area is 233 Å². The number of halogens is 1. The first kappa shape index (κ1) is 28.8. The van der Waals surface area contributed by atoms with Gasteiger partial charge in [0.15, 0.2) is 0 Å². The summed E-state index contributed by atoms with van der Waals surface area (Å²) in [4.78, 5) is 29.0. The van der Waals surface area contributed by atoms with Crippen molar-refractivity contribution in [3.8, 4) is 5.75 Å². The SMILES string of the molecule is COc1ccc(CSCC(=O)N(Cc2cccc(Br)c2)[C@@H](Cc2ccccc2)C(=O)NC(C)(C)C)cc1. The van der Waals surface area contributed by atoms with E-state index in [1.807, 2.05) is 99.6 Å². The first-order valence-electron chi connectivity index (χ1n) is 12.2. The summed E-state index contributed by atoms with van der Waals surface area (Å²) in [6.45, 7) is 6.21. The second-order valence-electron chi connectivity index (χ2n) is 9.94. The molecular formula is C30H35BrN2O3S. The van der Waals surface area contributed by atoms with Gasteiger partial charge in [0.05, 0.1) is 12.9 Å². The number of nitrogens with one attached hydrogen (secondary N) is 1. The van der Waals surface area contributed by atoms with E-state index in [4.69, 9.17) is 4.74 Å². The van der Waals surface area contributed by atoms with E-state index in [0.29, 0.717) is 18.7 Å². The first-order chi connectivity index (χ1) is 17.6. The molecule has 0 aliphatic heterocycles. The fourth-order valence-electron chi connectivity index (χ4n) is 3.90. The maximum Gasteiger partial charge on any atom is 0.243 e. The molecule has 1 atom stereocenters. The number of hydrogen-bond acceptors (Lipinski definition) is 4. The molecule has 0 aromatic heterocycles. The van der Waals surface area contributed by atoms with E-state index < -0.39 is 11.6 Å². The van der Waals surface area contributed by atoms with Crippen molar-refractivity contribution in [2.75, 3.05) is 12.9 Å². The van der Waals surface area contributed by atoms with Crippen molar-refractivity contribution < 1.29 is 14.3 Å². The maximum atomic E-state index is 13.7. The standard InChI is InChI=1S/C30H35BrN2O3S/c1-30(2,3)32-29(35)27(18-22-9-6-5-7-10-22)33(19-24-11-8-12-25(31)17-24)28(34)21-37-20-23-13-15-26(36-4)16-14-23/h5-17,27H,18-21H2,1-4H3,(H,32,35)/t27-/m0/s1. The summed E-state index contributed by atoms with van der Waals surface area (Å²) in [5, 5.41) is 3.10. The van der Waals surface area contributed by atoms with Crippen LogP contribution in [0.15, 0.2) is 83.3 Å². The molecular weight excluding hydrogens is 548 g/mol. The van der Waals surface area contributed by atoms with E-state index >= 15 is 0 Å². The maximum absolute atomic E-state index is 13.7. The lowest BCUT2D eigenvalue weighted by molar-refractivity contribution is -0.140. The highest BCUT2D eigenvalue weighted by molar-refractivity contribution is 9.10. The molecule has 37 heavy (non-hydrogen) atoms. The Morgan fingerprint density at radius 2 is 1.62 bits per heavy atom. The van der Waals surface area contributed by atoms with Crippen LogP contribution in [0.5, 0.6) is 5.75 Å². The molecule has 3 aromatic carbocycles. The van der Waals surface area contributed by atoms with Crippen molar-refractivity contribution in [3.63, 3.8) is 0 Å². The van der Waals surface area contributed by atoms with Crippen LogP contribution in [-0.2, 0) is 28.3 Å². The van der Waals surface area contributed by atoms with Crippen LogP contribution in [0.2, 0.25) is 0 Å². The van der Waals surface area contributed by atoms with Gasteiger partial charge in [-0.2, -0.15) is 0 Å². The minimum atomic E-state index is -0.644. The van der Waals surface area contributed by atoms with Crippen molar-refractivity contribution in [2.45, 2.75) is 51.1 Å². The van der Waals surface area contributed by atoms with Crippen LogP contribution in [0.25, 0.3) is 0 Å². The normalized spacial score (nSPS) is 12.0. The van der Waals surface area contributed by atoms with Gasteiger partial charge in [0.2, 0.25) is 11.8 Å². The number of nitrogens with zero attached hydrogens (tertiary/aromatic N) is 1. The minimum absolute atomic E-state index is 0.0662. The Morgan fingerprint density at radius 3 is 2.24 bits per heavy atom. The van der Waals surface area contributed by atoms with Gasteiger partial charge >= 0.3 is 0 Å². The molecule has 0 radical (unpaired) electrons. The molecule has 0 aliphatic carbocycles. The van der Waals surface area contributed by atoms with Gasteiger partial charge in [-0.15, -0.1) is 11.8 Å². The van der Waals surface area contributed by atoms with E-state index in [1.54, 1.807) is 23.8 Å². The van der Waals surface area contributed by atoms with Gasteiger partial charge in [0.1, 0.15) is 11.8 Å². The Morgan fingerprint density at radius 1 is 0.946 bits per heavy atom. The molecule has 0 fully saturated rings. The quantitative estimate of drug-likeness (QED) is 0.290. The second kappa shape index (κ2) is 13.7. The number of benzene rings is 3. The number of carbonyl (C=O) groups is 2. The van der Waals surface area contributed by atoms with Gasteiger partial charge in [-0.1, -0.05) is 70.5 Å². The Bertz CT molecular complexity index is 1160. The van der Waals surface area contributed by atoms with Crippen LogP contribution in [-0.4, -0.2) is 41.2 Å². The second-order valence-corrected chi connectivity index (χ2v) is 11.8. The van der Waals surface area contributed by atoms with Crippen LogP contribution in [0.1, 0.15) is 37.5 Å². The predicted octanol–water partition coefficient (Wildman–Crippen LogP) is 6.25. The van der Waals surface area contributed by atoms with Gasteiger partial charge in [-0.3, -0.25) is 9.59 Å². The highest BCUT2D eigenvalue weighted by atomic mass is 79.9. The molecule has 0 spiro atoms. The van der Waals surface area contributed by atoms with Gasteiger partial charge in [0.25, 0.3) is 0 Å². The van der Waals surface area contributed by atoms with E-state index in [1.165, 1.54) is 0 Å². The van der Waals surface area contributed by atoms with Crippen LogP contribution in [0.4, 0.5) is 0 Å². The first-order valence-corrected chi connectivity index (χ1v) is 14.2. The average Bonchev–Trinajstić information content (AvgIpc) is 2.86. The zero-order valence-corrected chi connectivity index (χ0v) is 24.3. The Balaban J connectivity index is 1.85. The van der Waals surface area contributed by atoms with Crippen molar-refractivity contribution in [1.82, 2.24) is 10.2 Å². The number of hydrogen-bond donors (Lipinski definition) is 1. The number of rotatable bonds is 11. The fourth-order valence-corrected chi connectivity index (χ4v) is 5.22. The zero-order valence-electron chi connectivity index (χ0n) is 21.9. The van der Waals surface area contributed by atoms with Crippen molar-refractivity contribution in [3.05, 3.63) is 100 Å². The summed E-state index contributed by atoms with van der Waals surface area (Å²) < 4.78 is 6.17. The van der Waals surface area contributed by atoms with Crippen LogP contribution in [0, 0.1) is 0 Å². The molecule has 0 aliphatic rings. The molecule has 3 aromatic rings. The van der Waals surface area contributed by atoms with E-state index in [9.17, 15) is 9.59 Å². The summed E-state index contributed by atoms with van der Waals surface area (Å²) >= 11 is 5.08. The van der Waals surface area contributed by atoms with E-state index in [0.717, 1.165) is 26.9 Å². The summed E-state index contributed by atoms with van der Waals surface area (Å²) in [6.07, 6.45) is 0.436. The molecule has 1 N–H and O–H groups in total. The third kappa shape index (κ3) is 9.56. The molecule has 2 amide bonds. The lowest BCUT2D eigenvalue weighted by atomic mass is 10.0. The lowest BCUT2D eigenvalue weighted by Crippen LogP contribution is -2.54. The molecule has 0 unspecified atom stereocenters. The number of ether oxygens (including phenoxy) is 1. The van der Waals surface area contributed by atoms with Crippen LogP contribution in [0.3, 0.4) is 0 Å². The molecule has 0 saturated heterocycles. The number of methoxy groups -OCH3 is 1. The fraction of sp³-hybridized carbons (Fsp3) is 0.333. The van der Waals surface area contributed by atoms with Crippen LogP contribution < -0.4 is 10.1 Å².